The number of H-pyrrole nitrogens is 2. The van der Waals surface area contributed by atoms with E-state index in [0.717, 1.165) is 0 Å². The lowest BCUT2D eigenvalue weighted by Crippen LogP contribution is -2.46. The number of nitrogens with two attached hydrogens (primary N) is 2. The van der Waals surface area contributed by atoms with Gasteiger partial charge in [0.25, 0.3) is 23.0 Å². The van der Waals surface area contributed by atoms with E-state index >= 15 is 0 Å². The van der Waals surface area contributed by atoms with Crippen molar-refractivity contribution in [3.05, 3.63) is 33.4 Å². The second-order valence-corrected chi connectivity index (χ2v) is 18.5. The molecule has 14 N–H and O–H groups in total. The van der Waals surface area contributed by atoms with Crippen LogP contribution in [-0.4, -0.2) is 137 Å². The van der Waals surface area contributed by atoms with Gasteiger partial charge in [-0.15, -0.1) is 0 Å². The summed E-state index contributed by atoms with van der Waals surface area (Å²) in [6, 6.07) is 0. The number of hydrogen-bond donors (Lipinski definition) is 12. The average molecular weight is 933 g/mol. The zero-order valence-electron chi connectivity index (χ0n) is 31.7. The molecule has 2 saturated heterocycles. The molecular formula is C28H43N10O20P3+2. The van der Waals surface area contributed by atoms with E-state index in [-0.39, 0.29) is 34.2 Å². The Balaban J connectivity index is 0.979. The molecule has 0 radical (unpaired) electrons. The Kier molecular flexibility index (Phi) is 12.5. The van der Waals surface area contributed by atoms with E-state index in [0.29, 0.717) is 0 Å². The molecular weight excluding hydrogens is 889 g/mol. The summed E-state index contributed by atoms with van der Waals surface area (Å²) in [4.78, 5) is 77.8. The molecule has 338 valence electrons. The molecule has 7 rings (SSSR count). The molecule has 0 amide bonds. The number of aliphatic hydroxyl groups is 4. The average Bonchev–Trinajstić information content (AvgIpc) is 3.82. The summed E-state index contributed by atoms with van der Waals surface area (Å²) in [6.45, 7) is -1.74. The highest BCUT2D eigenvalue weighted by atomic mass is 31.2. The van der Waals surface area contributed by atoms with Crippen LogP contribution in [0.1, 0.15) is 31.7 Å². The summed E-state index contributed by atoms with van der Waals surface area (Å²) in [5.74, 6) is -0.504. The standard InChI is InChI=1S/C28H41N10O20P3/c1-35-8-37(21-15(35)23(43)33-27(29)31-21)25-19(41)17(39)13(54-25)6-52-60(48,49)57-11-3-10(56-59(45,46)47)4-12(5-11)58-61(50,51)53-7-14-18(40)20(42)26(55-14)38-9-36(2)16-22(38)32-28(30)34-24(16)44/h8-14,17-20,25-26,39-42H,3-7H2,1-2H3,(H8-2,29,30,31,32,33,34,43,44,45,46,47,48,49,50,51)/p+2/t10?,11-,12+,13-,14-,17-,18-,19-,20-,25-,26-/m1/s1. The summed E-state index contributed by atoms with van der Waals surface area (Å²) in [7, 11) is -12.6. The van der Waals surface area contributed by atoms with Crippen molar-refractivity contribution in [1.82, 2.24) is 29.1 Å². The monoisotopic (exact) mass is 932 g/mol. The van der Waals surface area contributed by atoms with E-state index in [2.05, 4.69) is 19.9 Å². The smallest absolute Gasteiger partial charge is 0.387 e. The van der Waals surface area contributed by atoms with Crippen molar-refractivity contribution >= 4 is 57.7 Å². The molecule has 3 unspecified atom stereocenters. The number of aliphatic hydroxyl groups excluding tert-OH is 4. The molecule has 1 saturated carbocycles. The molecule has 4 aromatic rings. The fourth-order valence-corrected chi connectivity index (χ4v) is 9.95. The summed E-state index contributed by atoms with van der Waals surface area (Å²) in [6.07, 6.45) is -15.7. The van der Waals surface area contributed by atoms with Gasteiger partial charge in [-0.3, -0.25) is 51.3 Å². The van der Waals surface area contributed by atoms with Crippen molar-refractivity contribution in [2.24, 2.45) is 14.1 Å². The highest BCUT2D eigenvalue weighted by molar-refractivity contribution is 7.47. The molecule has 1 aliphatic carbocycles. The maximum atomic E-state index is 13.1. The largest absolute Gasteiger partial charge is 0.472 e. The molecule has 33 heteroatoms. The number of phosphoric ester groups is 3. The van der Waals surface area contributed by atoms with Crippen LogP contribution in [0.4, 0.5) is 11.9 Å². The molecule has 30 nitrogen and oxygen atoms in total. The molecule has 0 aromatic carbocycles. The topological polar surface area (TPSA) is 439 Å². The first-order chi connectivity index (χ1) is 28.4. The Hall–Kier alpha value is -3.61. The van der Waals surface area contributed by atoms with E-state index in [9.17, 15) is 63.3 Å². The number of rotatable bonds is 14. The molecule has 13 atom stereocenters. The van der Waals surface area contributed by atoms with Crippen molar-refractivity contribution in [2.75, 3.05) is 24.7 Å². The van der Waals surface area contributed by atoms with Crippen LogP contribution in [0.25, 0.3) is 22.3 Å². The van der Waals surface area contributed by atoms with Gasteiger partial charge in [-0.1, -0.05) is 9.97 Å². The van der Waals surface area contributed by atoms with Gasteiger partial charge in [-0.2, -0.15) is 0 Å². The van der Waals surface area contributed by atoms with Crippen molar-refractivity contribution in [3.8, 4) is 0 Å². The predicted octanol–water partition coefficient (Wildman–Crippen LogP) is -4.82. The minimum atomic E-state index is -5.21. The van der Waals surface area contributed by atoms with Crippen molar-refractivity contribution < 1.29 is 94.9 Å². The first-order valence-corrected chi connectivity index (χ1v) is 22.5. The number of aromatic amines is 2. The number of ether oxygens (including phenoxy) is 2. The summed E-state index contributed by atoms with van der Waals surface area (Å²) < 4.78 is 79.9. The second kappa shape index (κ2) is 16.8. The van der Waals surface area contributed by atoms with Crippen LogP contribution in [0.2, 0.25) is 0 Å². The quantitative estimate of drug-likeness (QED) is 0.0417. The van der Waals surface area contributed by atoms with Gasteiger partial charge in [0.2, 0.25) is 23.5 Å². The molecule has 0 bridgehead atoms. The van der Waals surface area contributed by atoms with Gasteiger partial charge in [0.15, 0.2) is 12.7 Å². The van der Waals surface area contributed by atoms with Gasteiger partial charge in [0, 0.05) is 19.3 Å². The third-order valence-electron chi connectivity index (χ3n) is 10.0. The number of imidazole rings is 2. The van der Waals surface area contributed by atoms with Crippen LogP contribution in [0.5, 0.6) is 0 Å². The minimum Gasteiger partial charge on any atom is -0.387 e. The SMILES string of the molecule is Cn1c[n+]([C@@H]2O[C@H](COP(=O)(O)O[C@@H]3CC(OP(=O)(O)O)C[C@H](OP(=O)(O)OC[C@H]4O[C@@H]([n+]5cn(C)c6c(=O)[nH]c(N)nc65)[C@H](O)[C@@H]4O)C3)[C@@H](O)[C@H]2O)c2nc(N)[nH]c(=O)c21. The Bertz CT molecular complexity index is 2400. The Morgan fingerprint density at radius 2 is 1.05 bits per heavy atom. The van der Waals surface area contributed by atoms with Gasteiger partial charge in [0.05, 0.1) is 45.6 Å². The van der Waals surface area contributed by atoms with Gasteiger partial charge < -0.3 is 60.9 Å². The predicted molar refractivity (Wildman–Crippen MR) is 196 cm³/mol. The van der Waals surface area contributed by atoms with Crippen molar-refractivity contribution in [2.45, 2.75) is 86.7 Å². The van der Waals surface area contributed by atoms with Crippen LogP contribution in [0, 0.1) is 0 Å². The zero-order valence-corrected chi connectivity index (χ0v) is 34.4. The highest BCUT2D eigenvalue weighted by Gasteiger charge is 2.50. The number of nitrogens with one attached hydrogen (secondary N) is 2. The van der Waals surface area contributed by atoms with Crippen LogP contribution < -0.4 is 31.7 Å². The van der Waals surface area contributed by atoms with E-state index in [1.54, 1.807) is 0 Å². The van der Waals surface area contributed by atoms with E-state index < -0.39 is 134 Å². The number of aromatic nitrogens is 8. The van der Waals surface area contributed by atoms with Crippen LogP contribution in [0.3, 0.4) is 0 Å². The number of aryl methyl sites for hydroxylation is 2. The summed E-state index contributed by atoms with van der Waals surface area (Å²) >= 11 is 0. The molecule has 4 aromatic heterocycles. The molecule has 2 aliphatic heterocycles. The number of nitrogens with zero attached hydrogens (tertiary/aromatic N) is 6. The van der Waals surface area contributed by atoms with Gasteiger partial charge in [-0.05, 0) is 0 Å². The molecule has 6 heterocycles. The van der Waals surface area contributed by atoms with Crippen molar-refractivity contribution in [3.63, 3.8) is 0 Å². The third-order valence-corrected chi connectivity index (χ3v) is 12.7. The number of fused-ring (bicyclic) bond motifs is 2. The van der Waals surface area contributed by atoms with Gasteiger partial charge in [0.1, 0.15) is 36.6 Å². The van der Waals surface area contributed by atoms with Crippen LogP contribution in [0.15, 0.2) is 22.2 Å². The Morgan fingerprint density at radius 3 is 1.41 bits per heavy atom. The number of anilines is 2. The number of hydrogen-bond acceptors (Lipinski definition) is 20. The number of phosphoric acid groups is 3. The maximum absolute atomic E-state index is 13.1. The maximum Gasteiger partial charge on any atom is 0.472 e. The lowest BCUT2D eigenvalue weighted by Gasteiger charge is -2.35. The molecule has 3 fully saturated rings. The highest BCUT2D eigenvalue weighted by Crippen LogP contribution is 2.52. The fourth-order valence-electron chi connectivity index (χ4n) is 7.50. The summed E-state index contributed by atoms with van der Waals surface area (Å²) in [5.41, 5.74) is 10.2. The molecule has 0 spiro atoms. The van der Waals surface area contributed by atoms with E-state index in [1.165, 1.54) is 45.0 Å². The normalized spacial score (nSPS) is 31.8. The third kappa shape index (κ3) is 9.66. The zero-order chi connectivity index (χ0) is 44.5. The van der Waals surface area contributed by atoms with E-state index in [4.69, 9.17) is 43.6 Å². The van der Waals surface area contributed by atoms with Gasteiger partial charge in [-0.25, -0.2) is 22.8 Å². The molecule has 61 heavy (non-hydrogen) atoms. The Labute approximate surface area is 340 Å². The van der Waals surface area contributed by atoms with Crippen LogP contribution in [-0.2, 0) is 59.9 Å². The first kappa shape index (κ1) is 45.4. The van der Waals surface area contributed by atoms with E-state index in [1.807, 2.05) is 0 Å². The van der Waals surface area contributed by atoms with Crippen molar-refractivity contribution in [1.29, 1.82) is 0 Å². The lowest BCUT2D eigenvalue weighted by atomic mass is 9.93. The molecule has 3 aliphatic rings. The summed E-state index contributed by atoms with van der Waals surface area (Å²) in [5, 5.41) is 43.0. The van der Waals surface area contributed by atoms with Crippen LogP contribution >= 0.6 is 23.5 Å². The second-order valence-electron chi connectivity index (χ2n) is 14.5. The minimum absolute atomic E-state index is 0.0200. The van der Waals surface area contributed by atoms with Gasteiger partial charge >= 0.3 is 34.8 Å². The fraction of sp³-hybridized carbons (Fsp3) is 0.643. The first-order valence-electron chi connectivity index (χ1n) is 18.0. The number of nitrogen functional groups attached to an aromatic ring is 2. The lowest BCUT2D eigenvalue weighted by molar-refractivity contribution is -0.746. The Morgan fingerprint density at radius 1 is 0.689 bits per heavy atom.